The van der Waals surface area contributed by atoms with Gasteiger partial charge in [-0.3, -0.25) is 9.59 Å². The number of alkyl halides is 3. The molecule has 2 rings (SSSR count). The van der Waals surface area contributed by atoms with Gasteiger partial charge in [-0.15, -0.1) is 0 Å². The van der Waals surface area contributed by atoms with E-state index in [0.29, 0.717) is 18.7 Å². The average Bonchev–Trinajstić information content (AvgIpc) is 2.81. The number of carbonyl (C=O) groups excluding carboxylic acids is 2. The second-order valence-electron chi connectivity index (χ2n) is 5.10. The number of rotatable bonds is 4. The summed E-state index contributed by atoms with van der Waals surface area (Å²) in [5, 5.41) is 0. The summed E-state index contributed by atoms with van der Waals surface area (Å²) in [6.45, 7) is 2.05. The number of halogens is 3. The summed E-state index contributed by atoms with van der Waals surface area (Å²) in [5.74, 6) is -1.38. The summed E-state index contributed by atoms with van der Waals surface area (Å²) < 4.78 is 37.2. The van der Waals surface area contributed by atoms with Gasteiger partial charge in [-0.1, -0.05) is 18.2 Å². The third kappa shape index (κ3) is 3.58. The third-order valence-corrected chi connectivity index (χ3v) is 3.63. The van der Waals surface area contributed by atoms with Gasteiger partial charge in [0.15, 0.2) is 0 Å². The van der Waals surface area contributed by atoms with Crippen molar-refractivity contribution in [3.63, 3.8) is 0 Å². The maximum Gasteiger partial charge on any atom is 0.397 e. The number of benzene rings is 1. The summed E-state index contributed by atoms with van der Waals surface area (Å²) in [6.07, 6.45) is -5.76. The second-order valence-corrected chi connectivity index (χ2v) is 5.10. The lowest BCUT2D eigenvalue weighted by atomic mass is 10.2. The lowest BCUT2D eigenvalue weighted by Gasteiger charge is -2.27. The Bertz CT molecular complexity index is 545. The number of hydrogen-bond donors (Lipinski definition) is 0. The van der Waals surface area contributed by atoms with Gasteiger partial charge in [-0.25, -0.2) is 0 Å². The second kappa shape index (κ2) is 6.37. The molecule has 4 nitrogen and oxygen atoms in total. The van der Waals surface area contributed by atoms with E-state index >= 15 is 0 Å². The first-order chi connectivity index (χ1) is 10.3. The van der Waals surface area contributed by atoms with Crippen molar-refractivity contribution in [2.24, 2.45) is 0 Å². The summed E-state index contributed by atoms with van der Waals surface area (Å²) in [4.78, 5) is 26.8. The molecule has 0 aliphatic carbocycles. The molecule has 1 aromatic rings. The van der Waals surface area contributed by atoms with Crippen LogP contribution in [0.5, 0.6) is 0 Å². The highest BCUT2D eigenvalue weighted by Crippen LogP contribution is 2.26. The van der Waals surface area contributed by atoms with Crippen LogP contribution >= 0.6 is 0 Å². The molecular weight excluding hydrogens is 297 g/mol. The smallest absolute Gasteiger partial charge is 0.331 e. The topological polar surface area (TPSA) is 40.6 Å². The monoisotopic (exact) mass is 314 g/mol. The Morgan fingerprint density at radius 3 is 2.50 bits per heavy atom. The maximum absolute atomic E-state index is 12.4. The standard InChI is InChI=1S/C15H17F3N2O2/c1-2-19(13(21)10-15(16,17)18)12-8-9-20(14(12)22)11-6-4-3-5-7-11/h3-7,12H,2,8-10H2,1H3. The molecule has 1 unspecified atom stereocenters. The Labute approximate surface area is 126 Å². The minimum absolute atomic E-state index is 0.0773. The molecule has 7 heteroatoms. The van der Waals surface area contributed by atoms with Crippen LogP contribution in [-0.4, -0.2) is 42.0 Å². The maximum atomic E-state index is 12.4. The Morgan fingerprint density at radius 2 is 1.95 bits per heavy atom. The lowest BCUT2D eigenvalue weighted by Crippen LogP contribution is -2.46. The van der Waals surface area contributed by atoms with Crippen molar-refractivity contribution in [2.75, 3.05) is 18.0 Å². The quantitative estimate of drug-likeness (QED) is 0.857. The van der Waals surface area contributed by atoms with Gasteiger partial charge in [0.1, 0.15) is 12.5 Å². The number of likely N-dealkylation sites (N-methyl/N-ethyl adjacent to an activating group) is 1. The van der Waals surface area contributed by atoms with E-state index in [1.54, 1.807) is 31.2 Å². The fourth-order valence-corrected chi connectivity index (χ4v) is 2.66. The molecule has 0 radical (unpaired) electrons. The SMILES string of the molecule is CCN(C(=O)CC(F)(F)F)C1CCN(c2ccccc2)C1=O. The van der Waals surface area contributed by atoms with Crippen molar-refractivity contribution in [2.45, 2.75) is 32.0 Å². The zero-order valence-corrected chi connectivity index (χ0v) is 12.1. The first kappa shape index (κ1) is 16.3. The normalized spacial score (nSPS) is 18.6. The minimum atomic E-state index is -4.56. The van der Waals surface area contributed by atoms with Gasteiger partial charge >= 0.3 is 6.18 Å². The zero-order valence-electron chi connectivity index (χ0n) is 12.1. The molecule has 0 bridgehead atoms. The summed E-state index contributed by atoms with van der Waals surface area (Å²) in [6, 6.07) is 8.07. The molecule has 1 heterocycles. The highest BCUT2D eigenvalue weighted by atomic mass is 19.4. The van der Waals surface area contributed by atoms with Crippen LogP contribution in [-0.2, 0) is 9.59 Å². The van der Waals surface area contributed by atoms with Gasteiger partial charge in [0.25, 0.3) is 0 Å². The predicted molar refractivity (Wildman–Crippen MR) is 75.3 cm³/mol. The van der Waals surface area contributed by atoms with E-state index in [1.807, 2.05) is 6.07 Å². The van der Waals surface area contributed by atoms with Crippen molar-refractivity contribution in [1.82, 2.24) is 4.90 Å². The number of amides is 2. The van der Waals surface area contributed by atoms with Gasteiger partial charge in [-0.2, -0.15) is 13.2 Å². The fourth-order valence-electron chi connectivity index (χ4n) is 2.66. The van der Waals surface area contributed by atoms with Crippen LogP contribution in [0.15, 0.2) is 30.3 Å². The summed E-state index contributed by atoms with van der Waals surface area (Å²) in [5.41, 5.74) is 0.689. The molecule has 0 aromatic heterocycles. The Morgan fingerprint density at radius 1 is 1.32 bits per heavy atom. The molecule has 1 fully saturated rings. The van der Waals surface area contributed by atoms with Gasteiger partial charge in [0.05, 0.1) is 0 Å². The van der Waals surface area contributed by atoms with E-state index in [-0.39, 0.29) is 12.5 Å². The van der Waals surface area contributed by atoms with E-state index in [9.17, 15) is 22.8 Å². The number of anilines is 1. The highest BCUT2D eigenvalue weighted by Gasteiger charge is 2.41. The number of nitrogens with zero attached hydrogens (tertiary/aromatic N) is 2. The molecule has 0 spiro atoms. The molecule has 1 aromatic carbocycles. The number of para-hydroxylation sites is 1. The van der Waals surface area contributed by atoms with E-state index in [1.165, 1.54) is 4.90 Å². The van der Waals surface area contributed by atoms with Crippen molar-refractivity contribution in [3.8, 4) is 0 Å². The molecule has 1 atom stereocenters. The number of hydrogen-bond acceptors (Lipinski definition) is 2. The molecule has 1 aliphatic rings. The Kier molecular flexibility index (Phi) is 4.73. The predicted octanol–water partition coefficient (Wildman–Crippen LogP) is 2.59. The summed E-state index contributed by atoms with van der Waals surface area (Å²) >= 11 is 0. The molecule has 22 heavy (non-hydrogen) atoms. The average molecular weight is 314 g/mol. The Balaban J connectivity index is 2.12. The van der Waals surface area contributed by atoms with Crippen LogP contribution in [0.1, 0.15) is 19.8 Å². The molecule has 1 saturated heterocycles. The van der Waals surface area contributed by atoms with Gasteiger partial charge < -0.3 is 9.80 Å². The van der Waals surface area contributed by atoms with Gasteiger partial charge in [0.2, 0.25) is 11.8 Å². The molecule has 2 amide bonds. The molecule has 1 aliphatic heterocycles. The van der Waals surface area contributed by atoms with Gasteiger partial charge in [-0.05, 0) is 25.5 Å². The van der Waals surface area contributed by atoms with E-state index in [4.69, 9.17) is 0 Å². The fraction of sp³-hybridized carbons (Fsp3) is 0.467. The first-order valence-corrected chi connectivity index (χ1v) is 7.06. The minimum Gasteiger partial charge on any atom is -0.331 e. The van der Waals surface area contributed by atoms with Crippen LogP contribution < -0.4 is 4.90 Å². The third-order valence-electron chi connectivity index (χ3n) is 3.63. The van der Waals surface area contributed by atoms with Crippen LogP contribution in [0.3, 0.4) is 0 Å². The van der Waals surface area contributed by atoms with Crippen LogP contribution in [0.25, 0.3) is 0 Å². The van der Waals surface area contributed by atoms with Crippen molar-refractivity contribution < 1.29 is 22.8 Å². The van der Waals surface area contributed by atoms with E-state index in [2.05, 4.69) is 0 Å². The van der Waals surface area contributed by atoms with Gasteiger partial charge in [0, 0.05) is 18.8 Å². The lowest BCUT2D eigenvalue weighted by molar-refractivity contribution is -0.164. The largest absolute Gasteiger partial charge is 0.397 e. The molecule has 0 saturated carbocycles. The van der Waals surface area contributed by atoms with Crippen LogP contribution in [0, 0.1) is 0 Å². The Hall–Kier alpha value is -2.05. The summed E-state index contributed by atoms with van der Waals surface area (Å²) in [7, 11) is 0. The van der Waals surface area contributed by atoms with E-state index < -0.39 is 24.5 Å². The first-order valence-electron chi connectivity index (χ1n) is 7.06. The molecule has 0 N–H and O–H groups in total. The van der Waals surface area contributed by atoms with Crippen LogP contribution in [0.2, 0.25) is 0 Å². The zero-order chi connectivity index (χ0) is 16.3. The van der Waals surface area contributed by atoms with Crippen LogP contribution in [0.4, 0.5) is 18.9 Å². The molecular formula is C15H17F3N2O2. The van der Waals surface area contributed by atoms with Crippen molar-refractivity contribution >= 4 is 17.5 Å². The number of carbonyl (C=O) groups is 2. The van der Waals surface area contributed by atoms with E-state index in [0.717, 1.165) is 4.90 Å². The molecule has 120 valence electrons. The van der Waals surface area contributed by atoms with Crippen molar-refractivity contribution in [1.29, 1.82) is 0 Å². The van der Waals surface area contributed by atoms with Crippen molar-refractivity contribution in [3.05, 3.63) is 30.3 Å². The highest BCUT2D eigenvalue weighted by molar-refractivity contribution is 6.01.